The highest BCUT2D eigenvalue weighted by Gasteiger charge is 2.20. The summed E-state index contributed by atoms with van der Waals surface area (Å²) in [6.07, 6.45) is 2.54. The van der Waals surface area contributed by atoms with Gasteiger partial charge in [0.05, 0.1) is 6.61 Å². The molecule has 0 saturated heterocycles. The number of tetrazole rings is 1. The Morgan fingerprint density at radius 2 is 1.91 bits per heavy atom. The number of carbonyl (C=O) groups excluding carboxylic acids is 1. The first-order chi connectivity index (χ1) is 16.6. The largest absolute Gasteiger partial charge is 0.462 e. The summed E-state index contributed by atoms with van der Waals surface area (Å²) in [5.74, 6) is 0.394. The van der Waals surface area contributed by atoms with Crippen LogP contribution in [0.5, 0.6) is 0 Å². The number of aromatic amines is 1. The summed E-state index contributed by atoms with van der Waals surface area (Å²) < 4.78 is 18.8. The van der Waals surface area contributed by atoms with Gasteiger partial charge in [0, 0.05) is 24.8 Å². The van der Waals surface area contributed by atoms with Crippen molar-refractivity contribution in [3.05, 3.63) is 77.7 Å². The number of nitrogens with one attached hydrogen (secondary N) is 1. The van der Waals surface area contributed by atoms with Crippen LogP contribution < -0.4 is 4.90 Å². The number of carbonyl (C=O) groups is 1. The van der Waals surface area contributed by atoms with Gasteiger partial charge in [0.15, 0.2) is 5.82 Å². The number of H-pyrrole nitrogens is 1. The van der Waals surface area contributed by atoms with Crippen LogP contribution in [0.25, 0.3) is 22.5 Å². The van der Waals surface area contributed by atoms with Crippen molar-refractivity contribution >= 4 is 11.8 Å². The van der Waals surface area contributed by atoms with E-state index in [2.05, 4.69) is 37.4 Å². The van der Waals surface area contributed by atoms with E-state index in [0.29, 0.717) is 36.9 Å². The first-order valence-corrected chi connectivity index (χ1v) is 11.1. The Morgan fingerprint density at radius 3 is 2.62 bits per heavy atom. The summed E-state index contributed by atoms with van der Waals surface area (Å²) in [6.45, 7) is 5.35. The van der Waals surface area contributed by atoms with Gasteiger partial charge in [0.25, 0.3) is 0 Å². The number of hydrogen-bond acceptors (Lipinski definition) is 7. The quantitative estimate of drug-likeness (QED) is 0.363. The second-order valence-corrected chi connectivity index (χ2v) is 7.65. The molecule has 0 aliphatic heterocycles. The van der Waals surface area contributed by atoms with Crippen LogP contribution in [0.2, 0.25) is 0 Å². The molecule has 2 heterocycles. The fourth-order valence-electron chi connectivity index (χ4n) is 3.81. The van der Waals surface area contributed by atoms with E-state index < -0.39 is 5.97 Å². The van der Waals surface area contributed by atoms with Crippen LogP contribution >= 0.6 is 0 Å². The van der Waals surface area contributed by atoms with Gasteiger partial charge in [0.1, 0.15) is 17.2 Å². The monoisotopic (exact) mass is 460 g/mol. The number of esters is 1. The van der Waals surface area contributed by atoms with Gasteiger partial charge in [-0.05, 0) is 70.8 Å². The lowest BCUT2D eigenvalue weighted by Crippen LogP contribution is -2.27. The molecule has 2 aromatic heterocycles. The van der Waals surface area contributed by atoms with Crippen LogP contribution in [-0.2, 0) is 11.3 Å². The predicted octanol–water partition coefficient (Wildman–Crippen LogP) is 4.66. The van der Waals surface area contributed by atoms with Crippen molar-refractivity contribution in [2.24, 2.45) is 0 Å². The summed E-state index contributed by atoms with van der Waals surface area (Å²) in [5.41, 5.74) is 3.92. The Labute approximate surface area is 196 Å². The standard InChI is InChI=1S/C25H25FN6O2/c1-3-14-32(24-21(6-5-13-27-24)25(33)34-4-2)16-17-7-12-20(23-28-30-31-29-23)22(15-17)18-8-10-19(26)11-9-18/h5-13,15H,3-4,14,16H2,1-2H3,(H,28,29,30,31). The fourth-order valence-corrected chi connectivity index (χ4v) is 3.81. The third kappa shape index (κ3) is 5.09. The number of benzene rings is 2. The molecular weight excluding hydrogens is 435 g/mol. The second-order valence-electron chi connectivity index (χ2n) is 7.65. The molecule has 0 atom stereocenters. The molecule has 34 heavy (non-hydrogen) atoms. The zero-order valence-electron chi connectivity index (χ0n) is 19.0. The average Bonchev–Trinajstić information content (AvgIpc) is 3.39. The lowest BCUT2D eigenvalue weighted by molar-refractivity contribution is 0.0526. The van der Waals surface area contributed by atoms with Crippen LogP contribution in [0, 0.1) is 5.82 Å². The zero-order chi connectivity index (χ0) is 23.9. The highest BCUT2D eigenvalue weighted by atomic mass is 19.1. The number of halogens is 1. The van der Waals surface area contributed by atoms with Crippen molar-refractivity contribution in [1.29, 1.82) is 0 Å². The molecule has 8 nitrogen and oxygen atoms in total. The second kappa shape index (κ2) is 10.7. The summed E-state index contributed by atoms with van der Waals surface area (Å²) in [4.78, 5) is 19.1. The molecule has 0 spiro atoms. The van der Waals surface area contributed by atoms with Crippen LogP contribution in [0.15, 0.2) is 60.8 Å². The Bertz CT molecular complexity index is 1240. The van der Waals surface area contributed by atoms with Gasteiger partial charge in [0.2, 0.25) is 0 Å². The highest BCUT2D eigenvalue weighted by Crippen LogP contribution is 2.32. The van der Waals surface area contributed by atoms with Gasteiger partial charge in [-0.3, -0.25) is 0 Å². The fraction of sp³-hybridized carbons (Fsp3) is 0.240. The van der Waals surface area contributed by atoms with Crippen molar-refractivity contribution in [3.63, 3.8) is 0 Å². The minimum absolute atomic E-state index is 0.292. The lowest BCUT2D eigenvalue weighted by atomic mass is 9.96. The summed E-state index contributed by atoms with van der Waals surface area (Å²) in [5, 5.41) is 14.2. The predicted molar refractivity (Wildman–Crippen MR) is 127 cm³/mol. The van der Waals surface area contributed by atoms with Crippen molar-refractivity contribution in [1.82, 2.24) is 25.6 Å². The molecule has 0 aliphatic carbocycles. The van der Waals surface area contributed by atoms with Crippen molar-refractivity contribution in [2.75, 3.05) is 18.1 Å². The van der Waals surface area contributed by atoms with Gasteiger partial charge in [-0.25, -0.2) is 19.3 Å². The average molecular weight is 461 g/mol. The Morgan fingerprint density at radius 1 is 1.09 bits per heavy atom. The van der Waals surface area contributed by atoms with E-state index >= 15 is 0 Å². The smallest absolute Gasteiger partial charge is 0.341 e. The maximum Gasteiger partial charge on any atom is 0.341 e. The first kappa shape index (κ1) is 23.0. The van der Waals surface area contributed by atoms with Gasteiger partial charge >= 0.3 is 5.97 Å². The number of pyridine rings is 1. The molecule has 0 unspecified atom stereocenters. The van der Waals surface area contributed by atoms with Crippen LogP contribution in [-0.4, -0.2) is 44.7 Å². The maximum absolute atomic E-state index is 13.6. The molecule has 4 aromatic rings. The summed E-state index contributed by atoms with van der Waals surface area (Å²) in [7, 11) is 0. The van der Waals surface area contributed by atoms with E-state index in [4.69, 9.17) is 4.74 Å². The van der Waals surface area contributed by atoms with Crippen molar-refractivity contribution in [2.45, 2.75) is 26.8 Å². The minimum atomic E-state index is -0.396. The molecule has 9 heteroatoms. The third-order valence-corrected chi connectivity index (χ3v) is 5.29. The molecule has 0 amide bonds. The number of anilines is 1. The Kier molecular flexibility index (Phi) is 7.22. The molecule has 0 saturated carbocycles. The number of nitrogens with zero attached hydrogens (tertiary/aromatic N) is 5. The topological polar surface area (TPSA) is 96.9 Å². The van der Waals surface area contributed by atoms with E-state index in [1.54, 1.807) is 37.4 Å². The van der Waals surface area contributed by atoms with Crippen molar-refractivity contribution < 1.29 is 13.9 Å². The van der Waals surface area contributed by atoms with Gasteiger partial charge in [-0.1, -0.05) is 31.2 Å². The van der Waals surface area contributed by atoms with Crippen LogP contribution in [0.1, 0.15) is 36.2 Å². The lowest BCUT2D eigenvalue weighted by Gasteiger charge is -2.25. The molecule has 174 valence electrons. The van der Waals surface area contributed by atoms with E-state index in [0.717, 1.165) is 28.7 Å². The van der Waals surface area contributed by atoms with E-state index in [1.165, 1.54) is 12.1 Å². The molecule has 2 aromatic carbocycles. The number of rotatable bonds is 9. The molecule has 0 radical (unpaired) electrons. The van der Waals surface area contributed by atoms with Crippen LogP contribution in [0.3, 0.4) is 0 Å². The number of hydrogen-bond donors (Lipinski definition) is 1. The zero-order valence-corrected chi connectivity index (χ0v) is 19.0. The highest BCUT2D eigenvalue weighted by molar-refractivity contribution is 5.94. The number of ether oxygens (including phenoxy) is 1. The molecule has 0 aliphatic rings. The summed E-state index contributed by atoms with van der Waals surface area (Å²) >= 11 is 0. The molecule has 0 fully saturated rings. The van der Waals surface area contributed by atoms with Crippen molar-refractivity contribution in [3.8, 4) is 22.5 Å². The molecule has 0 bridgehead atoms. The minimum Gasteiger partial charge on any atom is -0.462 e. The van der Waals surface area contributed by atoms with E-state index in [9.17, 15) is 9.18 Å². The van der Waals surface area contributed by atoms with Gasteiger partial charge in [-0.15, -0.1) is 5.10 Å². The van der Waals surface area contributed by atoms with Crippen LogP contribution in [0.4, 0.5) is 10.2 Å². The normalized spacial score (nSPS) is 10.8. The molecular formula is C25H25FN6O2. The molecule has 1 N–H and O–H groups in total. The van der Waals surface area contributed by atoms with Gasteiger partial charge < -0.3 is 9.64 Å². The summed E-state index contributed by atoms with van der Waals surface area (Å²) in [6, 6.07) is 15.7. The SMILES string of the molecule is CCCN(Cc1ccc(-c2nnn[nH]2)c(-c2ccc(F)cc2)c1)c1ncccc1C(=O)OCC. The molecule has 4 rings (SSSR count). The Hall–Kier alpha value is -4.14. The van der Waals surface area contributed by atoms with Gasteiger partial charge in [-0.2, -0.15) is 0 Å². The Balaban J connectivity index is 1.73. The van der Waals surface area contributed by atoms with E-state index in [1.807, 2.05) is 18.2 Å². The third-order valence-electron chi connectivity index (χ3n) is 5.29. The first-order valence-electron chi connectivity index (χ1n) is 11.1. The van der Waals surface area contributed by atoms with E-state index in [-0.39, 0.29) is 5.82 Å². The number of aromatic nitrogens is 5. The maximum atomic E-state index is 13.6.